The van der Waals surface area contributed by atoms with Crippen molar-refractivity contribution in [3.8, 4) is 12.3 Å². The van der Waals surface area contributed by atoms with E-state index >= 15 is 0 Å². The number of terminal acetylenes is 1. The number of hydrogen-bond donors (Lipinski definition) is 2. The predicted octanol–water partition coefficient (Wildman–Crippen LogP) is 1.90. The number of nitrogens with two attached hydrogens (primary N) is 1. The Labute approximate surface area is 120 Å². The summed E-state index contributed by atoms with van der Waals surface area (Å²) in [6.45, 7) is -0.110. The van der Waals surface area contributed by atoms with Crippen molar-refractivity contribution in [3.63, 3.8) is 0 Å². The highest BCUT2D eigenvalue weighted by molar-refractivity contribution is 6.03. The maximum absolute atomic E-state index is 11.9. The van der Waals surface area contributed by atoms with Crippen molar-refractivity contribution in [3.05, 3.63) is 47.7 Å². The molecule has 2 aromatic rings. The quantitative estimate of drug-likeness (QED) is 0.660. The molecule has 1 amide bonds. The van der Waals surface area contributed by atoms with E-state index in [0.717, 1.165) is 0 Å². The van der Waals surface area contributed by atoms with E-state index in [2.05, 4.69) is 11.2 Å². The first-order chi connectivity index (χ1) is 10.1. The molecule has 0 bridgehead atoms. The van der Waals surface area contributed by atoms with Gasteiger partial charge in [0.25, 0.3) is 5.91 Å². The molecule has 3 N–H and O–H groups in total. The Morgan fingerprint density at radius 3 is 2.81 bits per heavy atom. The molecule has 21 heavy (non-hydrogen) atoms. The zero-order valence-corrected chi connectivity index (χ0v) is 11.0. The Bertz CT molecular complexity index is 712. The third-order valence-electron chi connectivity index (χ3n) is 2.49. The van der Waals surface area contributed by atoms with Crippen LogP contribution in [0.2, 0.25) is 0 Å². The Morgan fingerprint density at radius 2 is 2.14 bits per heavy atom. The monoisotopic (exact) mass is 284 g/mol. The number of esters is 1. The molecule has 0 aliphatic carbocycles. The van der Waals surface area contributed by atoms with E-state index in [1.54, 1.807) is 18.2 Å². The first kappa shape index (κ1) is 14.2. The second-order valence-electron chi connectivity index (χ2n) is 4.02. The maximum atomic E-state index is 11.9. The maximum Gasteiger partial charge on any atom is 0.339 e. The number of hydrogen-bond acceptors (Lipinski definition) is 5. The number of carbonyl (C=O) groups is 2. The van der Waals surface area contributed by atoms with Gasteiger partial charge in [0.05, 0.1) is 5.56 Å². The number of nitrogen functional groups attached to an aromatic ring is 1. The zero-order valence-electron chi connectivity index (χ0n) is 11.0. The van der Waals surface area contributed by atoms with Crippen LogP contribution in [0.4, 0.5) is 11.6 Å². The van der Waals surface area contributed by atoms with Crippen molar-refractivity contribution in [1.29, 1.82) is 0 Å². The molecule has 0 fully saturated rings. The fourth-order valence-corrected chi connectivity index (χ4v) is 1.58. The lowest BCUT2D eigenvalue weighted by Gasteiger charge is -2.05. The summed E-state index contributed by atoms with van der Waals surface area (Å²) in [5.74, 6) is 1.39. The number of benzene rings is 1. The lowest BCUT2D eigenvalue weighted by atomic mass is 10.2. The minimum atomic E-state index is -0.564. The molecule has 0 aliphatic rings. The van der Waals surface area contributed by atoms with E-state index in [1.165, 1.54) is 18.2 Å². The zero-order chi connectivity index (χ0) is 15.2. The summed E-state index contributed by atoms with van der Waals surface area (Å²) in [7, 11) is 0. The highest BCUT2D eigenvalue weighted by Gasteiger charge is 2.12. The number of ether oxygens (including phenoxy) is 1. The average Bonchev–Trinajstić information content (AvgIpc) is 2.91. The Kier molecular flexibility index (Phi) is 4.26. The van der Waals surface area contributed by atoms with Gasteiger partial charge < -0.3 is 20.2 Å². The van der Waals surface area contributed by atoms with Gasteiger partial charge >= 0.3 is 5.97 Å². The van der Waals surface area contributed by atoms with Crippen LogP contribution < -0.4 is 11.1 Å². The number of nitrogens with one attached hydrogen (secondary N) is 1. The van der Waals surface area contributed by atoms with Gasteiger partial charge in [-0.2, -0.15) is 0 Å². The molecule has 0 atom stereocenters. The van der Waals surface area contributed by atoms with Gasteiger partial charge in [-0.15, -0.1) is 6.42 Å². The molecule has 1 aromatic heterocycles. The summed E-state index contributed by atoms with van der Waals surface area (Å²) < 4.78 is 9.80. The summed E-state index contributed by atoms with van der Waals surface area (Å²) in [5, 5.41) is 2.59. The molecule has 0 spiro atoms. The number of carbonyl (C=O) groups excluding carboxylic acids is 2. The standard InChI is InChI=1S/C15H12N2O4/c1-2-8-20-15(19)10-4-3-5-11(9-10)17-14(18)12-6-7-13(16)21-12/h1,3-7,9H,8,16H2,(H,17,18). The van der Waals surface area contributed by atoms with Crippen LogP contribution in [0.25, 0.3) is 0 Å². The van der Waals surface area contributed by atoms with Gasteiger partial charge in [-0.1, -0.05) is 12.0 Å². The Balaban J connectivity index is 2.09. The van der Waals surface area contributed by atoms with Crippen LogP contribution in [-0.4, -0.2) is 18.5 Å². The van der Waals surface area contributed by atoms with Gasteiger partial charge in [-0.25, -0.2) is 4.79 Å². The lowest BCUT2D eigenvalue weighted by molar-refractivity contribution is 0.0556. The molecule has 1 aromatic carbocycles. The summed E-state index contributed by atoms with van der Waals surface area (Å²) in [6, 6.07) is 9.20. The van der Waals surface area contributed by atoms with Crippen LogP contribution in [0.15, 0.2) is 40.8 Å². The lowest BCUT2D eigenvalue weighted by Crippen LogP contribution is -2.12. The number of rotatable bonds is 4. The van der Waals surface area contributed by atoms with E-state index in [9.17, 15) is 9.59 Å². The van der Waals surface area contributed by atoms with E-state index in [-0.39, 0.29) is 23.8 Å². The number of anilines is 2. The van der Waals surface area contributed by atoms with Crippen LogP contribution in [-0.2, 0) is 4.74 Å². The van der Waals surface area contributed by atoms with Crippen LogP contribution in [0.1, 0.15) is 20.9 Å². The minimum Gasteiger partial charge on any atom is -0.449 e. The van der Waals surface area contributed by atoms with Gasteiger partial charge in [0.1, 0.15) is 0 Å². The molecular formula is C15H12N2O4. The predicted molar refractivity (Wildman–Crippen MR) is 76.6 cm³/mol. The largest absolute Gasteiger partial charge is 0.449 e. The molecule has 1 heterocycles. The highest BCUT2D eigenvalue weighted by atomic mass is 16.5. The number of furan rings is 1. The highest BCUT2D eigenvalue weighted by Crippen LogP contribution is 2.15. The second kappa shape index (κ2) is 6.30. The van der Waals surface area contributed by atoms with E-state index in [1.807, 2.05) is 0 Å². The summed E-state index contributed by atoms with van der Waals surface area (Å²) in [4.78, 5) is 23.5. The molecule has 0 saturated carbocycles. The Morgan fingerprint density at radius 1 is 1.33 bits per heavy atom. The molecule has 0 unspecified atom stereocenters. The smallest absolute Gasteiger partial charge is 0.339 e. The first-order valence-electron chi connectivity index (χ1n) is 5.97. The van der Waals surface area contributed by atoms with Gasteiger partial charge in [0, 0.05) is 11.8 Å². The summed E-state index contributed by atoms with van der Waals surface area (Å²) >= 11 is 0. The normalized spacial score (nSPS) is 9.67. The van der Waals surface area contributed by atoms with Crippen molar-refractivity contribution in [2.24, 2.45) is 0 Å². The molecule has 0 saturated heterocycles. The van der Waals surface area contributed by atoms with Crippen LogP contribution in [0.3, 0.4) is 0 Å². The Hall–Kier alpha value is -3.20. The van der Waals surface area contributed by atoms with Gasteiger partial charge in [0.15, 0.2) is 18.3 Å². The van der Waals surface area contributed by atoms with Gasteiger partial charge in [0.2, 0.25) is 0 Å². The topological polar surface area (TPSA) is 94.6 Å². The number of amides is 1. The summed E-state index contributed by atoms with van der Waals surface area (Å²) in [5.41, 5.74) is 6.10. The molecular weight excluding hydrogens is 272 g/mol. The first-order valence-corrected chi connectivity index (χ1v) is 5.97. The van der Waals surface area contributed by atoms with E-state index < -0.39 is 11.9 Å². The molecule has 0 aliphatic heterocycles. The molecule has 6 heteroatoms. The average molecular weight is 284 g/mol. The van der Waals surface area contributed by atoms with Crippen LogP contribution in [0.5, 0.6) is 0 Å². The fraction of sp³-hybridized carbons (Fsp3) is 0.0667. The second-order valence-corrected chi connectivity index (χ2v) is 4.02. The minimum absolute atomic E-state index is 0.0767. The van der Waals surface area contributed by atoms with E-state index in [0.29, 0.717) is 5.69 Å². The van der Waals surface area contributed by atoms with Crippen LogP contribution in [0, 0.1) is 12.3 Å². The third kappa shape index (κ3) is 3.64. The SMILES string of the molecule is C#CCOC(=O)c1cccc(NC(=O)c2ccc(N)o2)c1. The fourth-order valence-electron chi connectivity index (χ4n) is 1.58. The molecule has 2 rings (SSSR count). The molecule has 0 radical (unpaired) electrons. The van der Waals surface area contributed by atoms with Crippen LogP contribution >= 0.6 is 0 Å². The van der Waals surface area contributed by atoms with Gasteiger partial charge in [-0.05, 0) is 24.3 Å². The third-order valence-corrected chi connectivity index (χ3v) is 2.49. The molecule has 6 nitrogen and oxygen atoms in total. The van der Waals surface area contributed by atoms with Crippen molar-refractivity contribution in [2.75, 3.05) is 17.7 Å². The van der Waals surface area contributed by atoms with Crippen molar-refractivity contribution in [1.82, 2.24) is 0 Å². The van der Waals surface area contributed by atoms with E-state index in [4.69, 9.17) is 21.3 Å². The van der Waals surface area contributed by atoms with Crippen molar-refractivity contribution >= 4 is 23.4 Å². The van der Waals surface area contributed by atoms with Gasteiger partial charge in [-0.3, -0.25) is 4.79 Å². The molecule has 106 valence electrons. The van der Waals surface area contributed by atoms with Crippen molar-refractivity contribution < 1.29 is 18.7 Å². The summed E-state index contributed by atoms with van der Waals surface area (Å²) in [6.07, 6.45) is 5.01. The van der Waals surface area contributed by atoms with Crippen molar-refractivity contribution in [2.45, 2.75) is 0 Å².